The van der Waals surface area contributed by atoms with E-state index in [0.29, 0.717) is 29.3 Å². The fourth-order valence-corrected chi connectivity index (χ4v) is 7.84. The predicted octanol–water partition coefficient (Wildman–Crippen LogP) is 4.42. The number of benzene rings is 1. The molecule has 152 valence electrons. The summed E-state index contributed by atoms with van der Waals surface area (Å²) < 4.78 is 0. The quantitative estimate of drug-likeness (QED) is 0.815. The molecule has 4 aliphatic rings. The number of nitrogens with one attached hydrogen (secondary N) is 2. The van der Waals surface area contributed by atoms with Crippen molar-refractivity contribution in [2.24, 2.45) is 22.7 Å². The number of amides is 1. The summed E-state index contributed by atoms with van der Waals surface area (Å²) in [6, 6.07) is 11.9. The Labute approximate surface area is 170 Å². The molecule has 1 aromatic rings. The Kier molecular flexibility index (Phi) is 4.21. The van der Waals surface area contributed by atoms with E-state index in [-0.39, 0.29) is 10.8 Å². The van der Waals surface area contributed by atoms with Gasteiger partial charge in [-0.05, 0) is 79.7 Å². The maximum absolute atomic E-state index is 13.6. The molecule has 3 nitrogen and oxygen atoms in total. The van der Waals surface area contributed by atoms with Crippen molar-refractivity contribution < 1.29 is 4.79 Å². The van der Waals surface area contributed by atoms with Crippen LogP contribution in [-0.4, -0.2) is 24.5 Å². The zero-order chi connectivity index (χ0) is 19.6. The monoisotopic (exact) mass is 380 g/mol. The molecule has 0 radical (unpaired) electrons. The van der Waals surface area contributed by atoms with Crippen LogP contribution in [0.1, 0.15) is 71.3 Å². The fraction of sp³-hybridized carbons (Fsp3) is 0.720. The molecule has 1 heterocycles. The number of rotatable bonds is 3. The minimum atomic E-state index is -0.253. The minimum absolute atomic E-state index is 0.144. The van der Waals surface area contributed by atoms with Gasteiger partial charge in [0.15, 0.2) is 0 Å². The first kappa shape index (κ1) is 18.7. The summed E-state index contributed by atoms with van der Waals surface area (Å²) in [5, 5.41) is 7.09. The Balaban J connectivity index is 1.42. The molecule has 28 heavy (non-hydrogen) atoms. The van der Waals surface area contributed by atoms with Gasteiger partial charge < -0.3 is 10.6 Å². The molecule has 3 heteroatoms. The summed E-state index contributed by atoms with van der Waals surface area (Å²) in [6.07, 6.45) is 8.14. The highest BCUT2D eigenvalue weighted by molar-refractivity contribution is 5.83. The second kappa shape index (κ2) is 6.32. The van der Waals surface area contributed by atoms with Gasteiger partial charge in [0.25, 0.3) is 0 Å². The molecular weight excluding hydrogens is 344 g/mol. The molecule has 5 rings (SSSR count). The van der Waals surface area contributed by atoms with E-state index >= 15 is 0 Å². The molecule has 1 amide bonds. The van der Waals surface area contributed by atoms with E-state index in [0.717, 1.165) is 25.3 Å². The zero-order valence-electron chi connectivity index (χ0n) is 17.8. The first-order valence-corrected chi connectivity index (χ1v) is 11.4. The number of carbonyl (C=O) groups is 1. The van der Waals surface area contributed by atoms with E-state index < -0.39 is 0 Å². The largest absolute Gasteiger partial charge is 0.351 e. The Bertz CT molecular complexity index is 759. The van der Waals surface area contributed by atoms with E-state index in [1.807, 2.05) is 0 Å². The first-order chi connectivity index (χ1) is 13.3. The van der Waals surface area contributed by atoms with Crippen LogP contribution in [0.4, 0.5) is 0 Å². The van der Waals surface area contributed by atoms with E-state index in [1.165, 1.54) is 37.7 Å². The van der Waals surface area contributed by atoms with E-state index in [1.54, 1.807) is 0 Å². The van der Waals surface area contributed by atoms with Gasteiger partial charge in [-0.3, -0.25) is 4.79 Å². The average molecular weight is 381 g/mol. The first-order valence-electron chi connectivity index (χ1n) is 11.4. The van der Waals surface area contributed by atoms with Gasteiger partial charge in [0.2, 0.25) is 5.91 Å². The predicted molar refractivity (Wildman–Crippen MR) is 113 cm³/mol. The number of carbonyl (C=O) groups excluding carboxylic acids is 1. The molecule has 1 saturated heterocycles. The van der Waals surface area contributed by atoms with Gasteiger partial charge in [0.1, 0.15) is 0 Å². The van der Waals surface area contributed by atoms with Gasteiger partial charge in [-0.15, -0.1) is 0 Å². The van der Waals surface area contributed by atoms with Crippen LogP contribution >= 0.6 is 0 Å². The molecule has 0 aromatic heterocycles. The lowest BCUT2D eigenvalue weighted by molar-refractivity contribution is -0.138. The van der Waals surface area contributed by atoms with Gasteiger partial charge in [-0.2, -0.15) is 0 Å². The normalized spacial score (nSPS) is 43.7. The molecule has 4 fully saturated rings. The molecular formula is C25H36N2O. The topological polar surface area (TPSA) is 41.1 Å². The SMILES string of the molecule is CC1(C)CC2CC(C)(C(=O)NC3CC4CNC3C4)CC(c3ccccc3)(C2)C1. The van der Waals surface area contributed by atoms with Crippen LogP contribution in [-0.2, 0) is 10.2 Å². The van der Waals surface area contributed by atoms with Crippen LogP contribution in [0.5, 0.6) is 0 Å². The smallest absolute Gasteiger partial charge is 0.226 e. The number of piperidine rings is 1. The third kappa shape index (κ3) is 3.10. The standard InChI is InChI=1S/C25H36N2O/c1-23(2)11-18-12-24(3,22(28)27-21-10-17-9-20(21)26-14-17)16-25(13-18,15-23)19-7-5-4-6-8-19/h4-8,17-18,20-21,26H,9-16H2,1-3H3,(H,27,28). The second-order valence-electron chi connectivity index (χ2n) is 11.6. The maximum atomic E-state index is 13.6. The van der Waals surface area contributed by atoms with Crippen molar-refractivity contribution >= 4 is 5.91 Å². The third-order valence-electron chi connectivity index (χ3n) is 8.39. The van der Waals surface area contributed by atoms with Gasteiger partial charge in [-0.1, -0.05) is 51.1 Å². The minimum Gasteiger partial charge on any atom is -0.351 e. The highest BCUT2D eigenvalue weighted by atomic mass is 16.2. The number of fused-ring (bicyclic) bond motifs is 4. The second-order valence-corrected chi connectivity index (χ2v) is 11.6. The summed E-state index contributed by atoms with van der Waals surface area (Å²) in [5.74, 6) is 1.73. The summed E-state index contributed by atoms with van der Waals surface area (Å²) >= 11 is 0. The van der Waals surface area contributed by atoms with Crippen molar-refractivity contribution in [3.05, 3.63) is 35.9 Å². The molecule has 3 aliphatic carbocycles. The van der Waals surface area contributed by atoms with Gasteiger partial charge >= 0.3 is 0 Å². The fourth-order valence-electron chi connectivity index (χ4n) is 7.84. The molecule has 6 atom stereocenters. The number of hydrogen-bond acceptors (Lipinski definition) is 2. The third-order valence-corrected chi connectivity index (χ3v) is 8.39. The molecule has 1 aromatic carbocycles. The molecule has 1 aliphatic heterocycles. The number of hydrogen-bond donors (Lipinski definition) is 2. The van der Waals surface area contributed by atoms with Crippen LogP contribution in [0.25, 0.3) is 0 Å². The van der Waals surface area contributed by atoms with Crippen molar-refractivity contribution in [1.29, 1.82) is 0 Å². The molecule has 3 saturated carbocycles. The lowest BCUT2D eigenvalue weighted by Gasteiger charge is -2.57. The van der Waals surface area contributed by atoms with Crippen molar-refractivity contribution in [3.63, 3.8) is 0 Å². The summed E-state index contributed by atoms with van der Waals surface area (Å²) in [6.45, 7) is 8.26. The Morgan fingerprint density at radius 1 is 1.00 bits per heavy atom. The van der Waals surface area contributed by atoms with Crippen molar-refractivity contribution in [1.82, 2.24) is 10.6 Å². The Morgan fingerprint density at radius 3 is 2.46 bits per heavy atom. The zero-order valence-corrected chi connectivity index (χ0v) is 17.8. The van der Waals surface area contributed by atoms with Crippen molar-refractivity contribution in [2.45, 2.75) is 83.2 Å². The lowest BCUT2D eigenvalue weighted by Crippen LogP contribution is -2.57. The molecule has 0 spiro atoms. The van der Waals surface area contributed by atoms with E-state index in [2.05, 4.69) is 61.7 Å². The molecule has 6 unspecified atom stereocenters. The van der Waals surface area contributed by atoms with Gasteiger partial charge in [-0.25, -0.2) is 0 Å². The maximum Gasteiger partial charge on any atom is 0.226 e. The van der Waals surface area contributed by atoms with Crippen LogP contribution in [0, 0.1) is 22.7 Å². The van der Waals surface area contributed by atoms with Gasteiger partial charge in [0.05, 0.1) is 0 Å². The van der Waals surface area contributed by atoms with E-state index in [4.69, 9.17) is 0 Å². The summed E-state index contributed by atoms with van der Waals surface area (Å²) in [7, 11) is 0. The summed E-state index contributed by atoms with van der Waals surface area (Å²) in [4.78, 5) is 13.6. The van der Waals surface area contributed by atoms with Crippen LogP contribution < -0.4 is 10.6 Å². The van der Waals surface area contributed by atoms with E-state index in [9.17, 15) is 4.79 Å². The summed E-state index contributed by atoms with van der Waals surface area (Å²) in [5.41, 5.74) is 1.70. The van der Waals surface area contributed by atoms with Gasteiger partial charge in [0, 0.05) is 17.5 Å². The van der Waals surface area contributed by atoms with Crippen molar-refractivity contribution in [2.75, 3.05) is 6.54 Å². The van der Waals surface area contributed by atoms with Crippen molar-refractivity contribution in [3.8, 4) is 0 Å². The molecule has 2 N–H and O–H groups in total. The van der Waals surface area contributed by atoms with Crippen LogP contribution in [0.2, 0.25) is 0 Å². The Hall–Kier alpha value is -1.35. The Morgan fingerprint density at radius 2 is 1.79 bits per heavy atom. The highest BCUT2D eigenvalue weighted by Crippen LogP contribution is 2.61. The lowest BCUT2D eigenvalue weighted by atomic mass is 9.47. The highest BCUT2D eigenvalue weighted by Gasteiger charge is 2.56. The van der Waals surface area contributed by atoms with Crippen LogP contribution in [0.15, 0.2) is 30.3 Å². The van der Waals surface area contributed by atoms with Crippen LogP contribution in [0.3, 0.4) is 0 Å². The molecule has 4 bridgehead atoms. The average Bonchev–Trinajstić information content (AvgIpc) is 3.23.